The summed E-state index contributed by atoms with van der Waals surface area (Å²) in [7, 11) is 0. The Labute approximate surface area is 117 Å². The fourth-order valence-electron chi connectivity index (χ4n) is 2.91. The van der Waals surface area contributed by atoms with Crippen LogP contribution in [0, 0.1) is 11.8 Å². The molecule has 0 aliphatic heterocycles. The Morgan fingerprint density at radius 3 is 2.15 bits per heavy atom. The van der Waals surface area contributed by atoms with Crippen LogP contribution >= 0.6 is 0 Å². The van der Waals surface area contributed by atoms with Crippen LogP contribution in [0.2, 0.25) is 0 Å². The number of hydrogen-bond acceptors (Lipinski definition) is 1. The molecule has 0 saturated heterocycles. The van der Waals surface area contributed by atoms with Crippen molar-refractivity contribution in [1.82, 2.24) is 0 Å². The predicted molar refractivity (Wildman–Crippen MR) is 72.3 cm³/mol. The molecule has 1 fully saturated rings. The maximum atomic E-state index is 12.5. The van der Waals surface area contributed by atoms with Crippen LogP contribution in [-0.4, -0.2) is 11.2 Å². The largest absolute Gasteiger partial charge is 0.416 e. The lowest BCUT2D eigenvalue weighted by atomic mass is 9.79. The quantitative estimate of drug-likeness (QED) is 0.871. The minimum atomic E-state index is -4.29. The Kier molecular flexibility index (Phi) is 4.74. The second kappa shape index (κ2) is 6.17. The maximum Gasteiger partial charge on any atom is 0.416 e. The summed E-state index contributed by atoms with van der Waals surface area (Å²) < 4.78 is 37.4. The molecule has 0 heterocycles. The van der Waals surface area contributed by atoms with Gasteiger partial charge in [-0.1, -0.05) is 31.9 Å². The third-order valence-corrected chi connectivity index (χ3v) is 4.33. The summed E-state index contributed by atoms with van der Waals surface area (Å²) in [4.78, 5) is 0. The summed E-state index contributed by atoms with van der Waals surface area (Å²) in [6, 6.07) is 5.12. The van der Waals surface area contributed by atoms with Crippen molar-refractivity contribution < 1.29 is 18.3 Å². The second-order valence-electron chi connectivity index (χ2n) is 5.99. The van der Waals surface area contributed by atoms with Crippen molar-refractivity contribution in [3.63, 3.8) is 0 Å². The molecular formula is C16H21F3O. The molecule has 1 aliphatic carbocycles. The van der Waals surface area contributed by atoms with Crippen LogP contribution < -0.4 is 0 Å². The molecule has 0 radical (unpaired) electrons. The number of hydrogen-bond donors (Lipinski definition) is 1. The minimum Gasteiger partial charge on any atom is -0.392 e. The van der Waals surface area contributed by atoms with Gasteiger partial charge in [0.05, 0.1) is 11.7 Å². The molecule has 20 heavy (non-hydrogen) atoms. The third kappa shape index (κ3) is 3.98. The number of benzene rings is 1. The molecule has 1 nitrogen and oxygen atoms in total. The molecule has 1 N–H and O–H groups in total. The van der Waals surface area contributed by atoms with Crippen LogP contribution in [0.25, 0.3) is 0 Å². The average molecular weight is 286 g/mol. The Hall–Kier alpha value is -1.03. The fourth-order valence-corrected chi connectivity index (χ4v) is 2.91. The Balaban J connectivity index is 1.93. The lowest BCUT2D eigenvalue weighted by Gasteiger charge is -2.30. The van der Waals surface area contributed by atoms with Gasteiger partial charge in [0, 0.05) is 0 Å². The molecular weight excluding hydrogens is 265 g/mol. The van der Waals surface area contributed by atoms with Crippen LogP contribution in [0.3, 0.4) is 0 Å². The summed E-state index contributed by atoms with van der Waals surface area (Å²) >= 11 is 0. The van der Waals surface area contributed by atoms with Crippen molar-refractivity contribution >= 4 is 0 Å². The van der Waals surface area contributed by atoms with Crippen LogP contribution in [0.5, 0.6) is 0 Å². The van der Waals surface area contributed by atoms with Crippen LogP contribution in [0.1, 0.15) is 43.7 Å². The Bertz CT molecular complexity index is 416. The van der Waals surface area contributed by atoms with E-state index in [0.29, 0.717) is 6.42 Å². The number of rotatable bonds is 3. The Morgan fingerprint density at radius 2 is 1.65 bits per heavy atom. The van der Waals surface area contributed by atoms with E-state index < -0.39 is 17.8 Å². The van der Waals surface area contributed by atoms with Crippen molar-refractivity contribution in [3.05, 3.63) is 35.4 Å². The fraction of sp³-hybridized carbons (Fsp3) is 0.625. The highest BCUT2D eigenvalue weighted by molar-refractivity contribution is 5.25. The topological polar surface area (TPSA) is 20.2 Å². The van der Waals surface area contributed by atoms with E-state index in [2.05, 4.69) is 6.92 Å². The molecule has 4 heteroatoms. The SMILES string of the molecule is CC1CCC(C(O)Cc2ccc(C(F)(F)F)cc2)CC1. The van der Waals surface area contributed by atoms with Crippen LogP contribution in [0.4, 0.5) is 13.2 Å². The van der Waals surface area contributed by atoms with E-state index >= 15 is 0 Å². The van der Waals surface area contributed by atoms with E-state index in [1.165, 1.54) is 12.1 Å². The summed E-state index contributed by atoms with van der Waals surface area (Å²) in [6.45, 7) is 2.22. The summed E-state index contributed by atoms with van der Waals surface area (Å²) in [5, 5.41) is 10.2. The van der Waals surface area contributed by atoms with E-state index in [9.17, 15) is 18.3 Å². The van der Waals surface area contributed by atoms with Gasteiger partial charge in [-0.3, -0.25) is 0 Å². The molecule has 1 aromatic carbocycles. The van der Waals surface area contributed by atoms with Crippen molar-refractivity contribution in [2.75, 3.05) is 0 Å². The molecule has 112 valence electrons. The van der Waals surface area contributed by atoms with Crippen LogP contribution in [0.15, 0.2) is 24.3 Å². The molecule has 0 aromatic heterocycles. The number of aliphatic hydroxyl groups is 1. The lowest BCUT2D eigenvalue weighted by Crippen LogP contribution is -2.26. The number of halogens is 3. The first-order chi connectivity index (χ1) is 9.36. The van der Waals surface area contributed by atoms with E-state index in [0.717, 1.165) is 49.3 Å². The number of alkyl halides is 3. The summed E-state index contributed by atoms with van der Waals surface area (Å²) in [5.74, 6) is 1.01. The molecule has 0 spiro atoms. The van der Waals surface area contributed by atoms with E-state index in [1.807, 2.05) is 0 Å². The van der Waals surface area contributed by atoms with Gasteiger partial charge in [-0.05, 0) is 48.8 Å². The van der Waals surface area contributed by atoms with Crippen molar-refractivity contribution in [2.24, 2.45) is 11.8 Å². The van der Waals surface area contributed by atoms with E-state index in [-0.39, 0.29) is 5.92 Å². The molecule has 1 unspecified atom stereocenters. The van der Waals surface area contributed by atoms with Crippen molar-refractivity contribution in [3.8, 4) is 0 Å². The van der Waals surface area contributed by atoms with Gasteiger partial charge in [-0.25, -0.2) is 0 Å². The van der Waals surface area contributed by atoms with E-state index in [1.54, 1.807) is 0 Å². The zero-order valence-electron chi connectivity index (χ0n) is 11.7. The standard InChI is InChI=1S/C16H21F3O/c1-11-2-6-13(7-3-11)15(20)10-12-4-8-14(9-5-12)16(17,18)19/h4-5,8-9,11,13,15,20H,2-3,6-7,10H2,1H3. The minimum absolute atomic E-state index is 0.286. The lowest BCUT2D eigenvalue weighted by molar-refractivity contribution is -0.137. The van der Waals surface area contributed by atoms with Gasteiger partial charge in [-0.2, -0.15) is 13.2 Å². The highest BCUT2D eigenvalue weighted by atomic mass is 19.4. The van der Waals surface area contributed by atoms with Gasteiger partial charge in [-0.15, -0.1) is 0 Å². The zero-order chi connectivity index (χ0) is 14.8. The second-order valence-corrected chi connectivity index (χ2v) is 5.99. The molecule has 1 aliphatic rings. The number of aliphatic hydroxyl groups excluding tert-OH is 1. The van der Waals surface area contributed by atoms with Crippen LogP contribution in [-0.2, 0) is 12.6 Å². The molecule has 2 rings (SSSR count). The third-order valence-electron chi connectivity index (χ3n) is 4.33. The van der Waals surface area contributed by atoms with Gasteiger partial charge in [0.15, 0.2) is 0 Å². The highest BCUT2D eigenvalue weighted by Gasteiger charge is 2.30. The van der Waals surface area contributed by atoms with Crippen molar-refractivity contribution in [2.45, 2.75) is 51.3 Å². The first-order valence-electron chi connectivity index (χ1n) is 7.20. The first kappa shape index (κ1) is 15.4. The summed E-state index contributed by atoms with van der Waals surface area (Å²) in [5.41, 5.74) is 0.131. The smallest absolute Gasteiger partial charge is 0.392 e. The van der Waals surface area contributed by atoms with Gasteiger partial charge in [0.1, 0.15) is 0 Å². The summed E-state index contributed by atoms with van der Waals surface area (Å²) in [6.07, 6.45) is 0.00252. The predicted octanol–water partition coefficient (Wildman–Crippen LogP) is 4.44. The maximum absolute atomic E-state index is 12.5. The van der Waals surface area contributed by atoms with Gasteiger partial charge < -0.3 is 5.11 Å². The van der Waals surface area contributed by atoms with Gasteiger partial charge in [0.2, 0.25) is 0 Å². The molecule has 1 saturated carbocycles. The molecule has 1 aromatic rings. The van der Waals surface area contributed by atoms with Crippen molar-refractivity contribution in [1.29, 1.82) is 0 Å². The highest BCUT2D eigenvalue weighted by Crippen LogP contribution is 2.32. The van der Waals surface area contributed by atoms with Gasteiger partial charge in [0.25, 0.3) is 0 Å². The van der Waals surface area contributed by atoms with Gasteiger partial charge >= 0.3 is 6.18 Å². The van der Waals surface area contributed by atoms with E-state index in [4.69, 9.17) is 0 Å². The molecule has 0 amide bonds. The average Bonchev–Trinajstić information content (AvgIpc) is 2.39. The first-order valence-corrected chi connectivity index (χ1v) is 7.20. The molecule has 0 bridgehead atoms. The Morgan fingerprint density at radius 1 is 1.10 bits per heavy atom. The monoisotopic (exact) mass is 286 g/mol. The zero-order valence-corrected chi connectivity index (χ0v) is 11.7. The molecule has 1 atom stereocenters. The normalized spacial score (nSPS) is 25.4.